The molecule has 36 heavy (non-hydrogen) atoms. The van der Waals surface area contributed by atoms with Crippen molar-refractivity contribution >= 4 is 45.0 Å². The predicted octanol–water partition coefficient (Wildman–Crippen LogP) is 4.47. The lowest BCUT2D eigenvalue weighted by atomic mass is 10.0. The number of hydrogen-bond donors (Lipinski definition) is 3. The first-order chi connectivity index (χ1) is 17.0. The molecule has 0 saturated carbocycles. The number of carbonyl (C=O) groups excluding carboxylic acids is 2. The SMILES string of the molecule is CC(C)CC(NC(=O)CCc1cccc(Cl)c1)C(=O)NCCCCNS(=O)(=O)c1ccc(F)cc1Cl. The fraction of sp³-hybridized carbons (Fsp3) is 0.440. The van der Waals surface area contributed by atoms with Gasteiger partial charge >= 0.3 is 0 Å². The minimum atomic E-state index is -3.87. The summed E-state index contributed by atoms with van der Waals surface area (Å²) in [5.74, 6) is -0.924. The molecule has 3 N–H and O–H groups in total. The Morgan fingerprint density at radius 3 is 2.42 bits per heavy atom. The maximum Gasteiger partial charge on any atom is 0.242 e. The van der Waals surface area contributed by atoms with Gasteiger partial charge in [0.1, 0.15) is 16.8 Å². The van der Waals surface area contributed by atoms with E-state index >= 15 is 0 Å². The van der Waals surface area contributed by atoms with Crippen molar-refractivity contribution in [2.45, 2.75) is 56.9 Å². The molecule has 2 rings (SSSR count). The van der Waals surface area contributed by atoms with Gasteiger partial charge in [-0.1, -0.05) is 49.2 Å². The molecular weight excluding hydrogens is 528 g/mol. The molecule has 2 amide bonds. The van der Waals surface area contributed by atoms with Crippen LogP contribution in [0, 0.1) is 11.7 Å². The van der Waals surface area contributed by atoms with Crippen LogP contribution < -0.4 is 15.4 Å². The molecule has 0 aliphatic carbocycles. The molecule has 0 bridgehead atoms. The fourth-order valence-corrected chi connectivity index (χ4v) is 5.30. The van der Waals surface area contributed by atoms with Gasteiger partial charge in [0.05, 0.1) is 5.02 Å². The number of halogens is 3. The largest absolute Gasteiger partial charge is 0.354 e. The monoisotopic (exact) mass is 559 g/mol. The summed E-state index contributed by atoms with van der Waals surface area (Å²) in [5.41, 5.74) is 0.944. The van der Waals surface area contributed by atoms with Crippen molar-refractivity contribution < 1.29 is 22.4 Å². The number of carbonyl (C=O) groups is 2. The van der Waals surface area contributed by atoms with Crippen LogP contribution in [0.25, 0.3) is 0 Å². The Morgan fingerprint density at radius 1 is 1.03 bits per heavy atom. The zero-order chi connectivity index (χ0) is 26.7. The van der Waals surface area contributed by atoms with Gasteiger partial charge < -0.3 is 10.6 Å². The molecule has 2 aromatic rings. The summed E-state index contributed by atoms with van der Waals surface area (Å²) < 4.78 is 40.2. The highest BCUT2D eigenvalue weighted by atomic mass is 35.5. The van der Waals surface area contributed by atoms with E-state index in [1.54, 1.807) is 6.07 Å². The highest BCUT2D eigenvalue weighted by molar-refractivity contribution is 7.89. The van der Waals surface area contributed by atoms with Crippen molar-refractivity contribution in [1.82, 2.24) is 15.4 Å². The number of rotatable bonds is 14. The molecule has 11 heteroatoms. The Labute approximate surface area is 222 Å². The number of sulfonamides is 1. The van der Waals surface area contributed by atoms with E-state index in [1.807, 2.05) is 32.0 Å². The van der Waals surface area contributed by atoms with Gasteiger partial charge in [-0.15, -0.1) is 0 Å². The van der Waals surface area contributed by atoms with E-state index in [0.717, 1.165) is 23.8 Å². The van der Waals surface area contributed by atoms with Crippen LogP contribution in [-0.2, 0) is 26.0 Å². The second-order valence-electron chi connectivity index (χ2n) is 8.85. The van der Waals surface area contributed by atoms with Crippen LogP contribution in [0.5, 0.6) is 0 Å². The van der Waals surface area contributed by atoms with Crippen LogP contribution >= 0.6 is 23.2 Å². The first kappa shape index (κ1) is 30.0. The van der Waals surface area contributed by atoms with Crippen molar-refractivity contribution in [2.24, 2.45) is 5.92 Å². The van der Waals surface area contributed by atoms with Crippen LogP contribution in [0.2, 0.25) is 10.0 Å². The number of amides is 2. The fourth-order valence-electron chi connectivity index (χ4n) is 3.48. The second kappa shape index (κ2) is 14.5. The molecule has 1 atom stereocenters. The van der Waals surface area contributed by atoms with E-state index in [4.69, 9.17) is 23.2 Å². The van der Waals surface area contributed by atoms with E-state index in [-0.39, 0.29) is 40.6 Å². The van der Waals surface area contributed by atoms with Crippen molar-refractivity contribution in [3.8, 4) is 0 Å². The number of aryl methyl sites for hydroxylation is 1. The Bertz CT molecular complexity index is 1150. The van der Waals surface area contributed by atoms with Gasteiger partial charge in [-0.25, -0.2) is 17.5 Å². The summed E-state index contributed by atoms with van der Waals surface area (Å²) in [6.07, 6.45) is 2.22. The van der Waals surface area contributed by atoms with Crippen molar-refractivity contribution in [3.63, 3.8) is 0 Å². The molecule has 0 fully saturated rings. The topological polar surface area (TPSA) is 104 Å². The van der Waals surface area contributed by atoms with E-state index in [2.05, 4.69) is 15.4 Å². The number of unbranched alkanes of at least 4 members (excludes halogenated alkanes) is 1. The molecular formula is C25H32Cl2FN3O4S. The minimum Gasteiger partial charge on any atom is -0.354 e. The molecule has 1 unspecified atom stereocenters. The van der Waals surface area contributed by atoms with Gasteiger partial charge in [0, 0.05) is 24.5 Å². The molecule has 0 aliphatic rings. The highest BCUT2D eigenvalue weighted by Crippen LogP contribution is 2.22. The average molecular weight is 561 g/mol. The zero-order valence-electron chi connectivity index (χ0n) is 20.3. The van der Waals surface area contributed by atoms with Crippen LogP contribution in [0.1, 0.15) is 45.1 Å². The third-order valence-corrected chi connectivity index (χ3v) is 7.45. The molecule has 0 spiro atoms. The number of benzene rings is 2. The van der Waals surface area contributed by atoms with Gasteiger partial charge in [-0.3, -0.25) is 9.59 Å². The molecule has 7 nitrogen and oxygen atoms in total. The zero-order valence-corrected chi connectivity index (χ0v) is 22.6. The van der Waals surface area contributed by atoms with Crippen LogP contribution in [0.15, 0.2) is 47.4 Å². The summed E-state index contributed by atoms with van der Waals surface area (Å²) in [6.45, 7) is 4.39. The summed E-state index contributed by atoms with van der Waals surface area (Å²) in [4.78, 5) is 24.9. The maximum atomic E-state index is 13.1. The molecule has 198 valence electrons. The smallest absolute Gasteiger partial charge is 0.242 e. The Hall–Kier alpha value is -2.20. The first-order valence-electron chi connectivity index (χ1n) is 11.7. The van der Waals surface area contributed by atoms with Gasteiger partial charge in [-0.05, 0) is 67.5 Å². The Kier molecular flexibility index (Phi) is 12.1. The normalized spacial score (nSPS) is 12.4. The van der Waals surface area contributed by atoms with Gasteiger partial charge in [-0.2, -0.15) is 0 Å². The summed E-state index contributed by atoms with van der Waals surface area (Å²) in [5, 5.41) is 6.04. The van der Waals surface area contributed by atoms with E-state index < -0.39 is 21.9 Å². The van der Waals surface area contributed by atoms with Crippen LogP contribution in [-0.4, -0.2) is 39.4 Å². The quantitative estimate of drug-likeness (QED) is 0.297. The standard InChI is InChI=1S/C25H32Cl2FN3O4S/c1-17(2)14-22(31-24(32)11-8-18-6-5-7-19(26)15-18)25(33)29-12-3-4-13-30-36(34,35)23-10-9-20(28)16-21(23)27/h5-7,9-10,15-17,22,30H,3-4,8,11-14H2,1-2H3,(H,29,33)(H,31,32). The third kappa shape index (κ3) is 10.4. The van der Waals surface area contributed by atoms with E-state index in [0.29, 0.717) is 37.3 Å². The van der Waals surface area contributed by atoms with Gasteiger partial charge in [0.25, 0.3) is 0 Å². The molecule has 0 heterocycles. The predicted molar refractivity (Wildman–Crippen MR) is 140 cm³/mol. The van der Waals surface area contributed by atoms with Crippen molar-refractivity contribution in [1.29, 1.82) is 0 Å². The van der Waals surface area contributed by atoms with Crippen molar-refractivity contribution in [3.05, 3.63) is 63.9 Å². The molecule has 0 aliphatic heterocycles. The van der Waals surface area contributed by atoms with E-state index in [1.165, 1.54) is 0 Å². The number of nitrogens with one attached hydrogen (secondary N) is 3. The Balaban J connectivity index is 1.75. The molecule has 2 aromatic carbocycles. The second-order valence-corrected chi connectivity index (χ2v) is 11.4. The lowest BCUT2D eigenvalue weighted by molar-refractivity contribution is -0.129. The maximum absolute atomic E-state index is 13.1. The Morgan fingerprint density at radius 2 is 1.75 bits per heavy atom. The molecule has 0 radical (unpaired) electrons. The first-order valence-corrected chi connectivity index (χ1v) is 14.0. The summed E-state index contributed by atoms with van der Waals surface area (Å²) in [6, 6.07) is 9.72. The average Bonchev–Trinajstić information content (AvgIpc) is 2.79. The molecule has 0 saturated heterocycles. The lowest BCUT2D eigenvalue weighted by Crippen LogP contribution is -2.47. The minimum absolute atomic E-state index is 0.127. The van der Waals surface area contributed by atoms with Crippen molar-refractivity contribution in [2.75, 3.05) is 13.1 Å². The summed E-state index contributed by atoms with van der Waals surface area (Å²) in [7, 11) is -3.87. The van der Waals surface area contributed by atoms with Gasteiger partial charge in [0.15, 0.2) is 0 Å². The highest BCUT2D eigenvalue weighted by Gasteiger charge is 2.22. The van der Waals surface area contributed by atoms with Gasteiger partial charge in [0.2, 0.25) is 21.8 Å². The lowest BCUT2D eigenvalue weighted by Gasteiger charge is -2.20. The van der Waals surface area contributed by atoms with Crippen LogP contribution in [0.4, 0.5) is 4.39 Å². The van der Waals surface area contributed by atoms with E-state index in [9.17, 15) is 22.4 Å². The molecule has 0 aromatic heterocycles. The number of hydrogen-bond acceptors (Lipinski definition) is 4. The van der Waals surface area contributed by atoms with Crippen LogP contribution in [0.3, 0.4) is 0 Å². The third-order valence-electron chi connectivity index (χ3n) is 5.27. The summed E-state index contributed by atoms with van der Waals surface area (Å²) >= 11 is 11.8.